The highest BCUT2D eigenvalue weighted by atomic mass is 35.5. The zero-order valence-electron chi connectivity index (χ0n) is 13.4. The average molecular weight is 382 g/mol. The van der Waals surface area contributed by atoms with E-state index in [4.69, 9.17) is 40.5 Å². The minimum Gasteiger partial charge on any atom is -0.354 e. The standard InChI is InChI=1S/C19H19Cl3N2/c1-11-14(20)9-8-13-12(5-2-3-10-23)19(24-18(11)13)17-15(21)6-4-7-16(17)22/h4,6-9,24H,2-3,5,10,23H2,1H3. The van der Waals surface area contributed by atoms with Gasteiger partial charge in [-0.3, -0.25) is 0 Å². The van der Waals surface area contributed by atoms with Gasteiger partial charge in [0.25, 0.3) is 0 Å². The Hall–Kier alpha value is -1.19. The van der Waals surface area contributed by atoms with E-state index in [-0.39, 0.29) is 0 Å². The van der Waals surface area contributed by atoms with Gasteiger partial charge in [0.1, 0.15) is 0 Å². The van der Waals surface area contributed by atoms with E-state index in [0.29, 0.717) is 16.6 Å². The van der Waals surface area contributed by atoms with E-state index in [9.17, 15) is 0 Å². The van der Waals surface area contributed by atoms with E-state index < -0.39 is 0 Å². The third kappa shape index (κ3) is 3.16. The fraction of sp³-hybridized carbons (Fsp3) is 0.263. The second-order valence-electron chi connectivity index (χ2n) is 5.92. The van der Waals surface area contributed by atoms with Crippen LogP contribution in [0.25, 0.3) is 22.2 Å². The maximum atomic E-state index is 6.45. The van der Waals surface area contributed by atoms with Crippen LogP contribution in [0, 0.1) is 6.92 Å². The molecule has 5 heteroatoms. The van der Waals surface area contributed by atoms with Gasteiger partial charge in [-0.1, -0.05) is 46.9 Å². The number of aromatic amines is 1. The highest BCUT2D eigenvalue weighted by Crippen LogP contribution is 2.40. The zero-order chi connectivity index (χ0) is 17.3. The fourth-order valence-corrected chi connectivity index (χ4v) is 3.83. The summed E-state index contributed by atoms with van der Waals surface area (Å²) < 4.78 is 0. The van der Waals surface area contributed by atoms with Crippen molar-refractivity contribution in [1.82, 2.24) is 4.98 Å². The summed E-state index contributed by atoms with van der Waals surface area (Å²) in [4.78, 5) is 3.51. The molecule has 0 aliphatic heterocycles. The molecule has 0 fully saturated rings. The Morgan fingerprint density at radius 3 is 2.33 bits per heavy atom. The first-order valence-electron chi connectivity index (χ1n) is 7.98. The molecule has 0 saturated carbocycles. The summed E-state index contributed by atoms with van der Waals surface area (Å²) in [5, 5.41) is 3.18. The molecular formula is C19H19Cl3N2. The third-order valence-electron chi connectivity index (χ3n) is 4.37. The molecule has 2 aromatic carbocycles. The van der Waals surface area contributed by atoms with Crippen molar-refractivity contribution >= 4 is 45.7 Å². The number of unbranched alkanes of at least 4 members (excludes halogenated alkanes) is 1. The number of hydrogen-bond acceptors (Lipinski definition) is 1. The summed E-state index contributed by atoms with van der Waals surface area (Å²) in [6, 6.07) is 9.58. The van der Waals surface area contributed by atoms with Crippen LogP contribution in [0.15, 0.2) is 30.3 Å². The maximum Gasteiger partial charge on any atom is 0.0527 e. The van der Waals surface area contributed by atoms with Crippen molar-refractivity contribution in [2.45, 2.75) is 26.2 Å². The Balaban J connectivity index is 2.25. The Morgan fingerprint density at radius 1 is 0.958 bits per heavy atom. The molecule has 0 aliphatic rings. The molecular weight excluding hydrogens is 363 g/mol. The van der Waals surface area contributed by atoms with Crippen molar-refractivity contribution in [2.24, 2.45) is 5.73 Å². The minimum atomic E-state index is 0.637. The number of nitrogens with two attached hydrogens (primary N) is 1. The first kappa shape index (κ1) is 17.6. The Labute approximate surface area is 156 Å². The molecule has 1 aromatic heterocycles. The lowest BCUT2D eigenvalue weighted by Gasteiger charge is -2.09. The van der Waals surface area contributed by atoms with Crippen molar-refractivity contribution < 1.29 is 0 Å². The maximum absolute atomic E-state index is 6.45. The molecule has 0 atom stereocenters. The van der Waals surface area contributed by atoms with Crippen LogP contribution in [0.3, 0.4) is 0 Å². The van der Waals surface area contributed by atoms with Gasteiger partial charge in [0, 0.05) is 16.0 Å². The minimum absolute atomic E-state index is 0.637. The van der Waals surface area contributed by atoms with Crippen LogP contribution in [-0.4, -0.2) is 11.5 Å². The van der Waals surface area contributed by atoms with E-state index in [1.54, 1.807) is 0 Å². The van der Waals surface area contributed by atoms with Crippen LogP contribution < -0.4 is 5.73 Å². The van der Waals surface area contributed by atoms with Gasteiger partial charge in [0.2, 0.25) is 0 Å². The Bertz CT molecular complexity index is 864. The number of halogens is 3. The van der Waals surface area contributed by atoms with E-state index in [0.717, 1.165) is 46.6 Å². The smallest absolute Gasteiger partial charge is 0.0527 e. The summed E-state index contributed by atoms with van der Waals surface area (Å²) in [5.74, 6) is 0. The van der Waals surface area contributed by atoms with Crippen LogP contribution >= 0.6 is 34.8 Å². The van der Waals surface area contributed by atoms with Gasteiger partial charge in [-0.2, -0.15) is 0 Å². The lowest BCUT2D eigenvalue weighted by molar-refractivity contribution is 0.748. The molecule has 0 spiro atoms. The van der Waals surface area contributed by atoms with Crippen molar-refractivity contribution in [3.05, 3.63) is 56.5 Å². The first-order chi connectivity index (χ1) is 11.5. The predicted octanol–water partition coefficient (Wildman–Crippen LogP) is 6.38. The monoisotopic (exact) mass is 380 g/mol. The lowest BCUT2D eigenvalue weighted by atomic mass is 9.99. The summed E-state index contributed by atoms with van der Waals surface area (Å²) >= 11 is 19.2. The van der Waals surface area contributed by atoms with Crippen molar-refractivity contribution in [2.75, 3.05) is 6.54 Å². The molecule has 3 rings (SSSR count). The summed E-state index contributed by atoms with van der Waals surface area (Å²) in [7, 11) is 0. The summed E-state index contributed by atoms with van der Waals surface area (Å²) in [6.45, 7) is 2.71. The van der Waals surface area contributed by atoms with E-state index >= 15 is 0 Å². The summed E-state index contributed by atoms with van der Waals surface area (Å²) in [6.07, 6.45) is 2.91. The Kier molecular flexibility index (Phi) is 5.41. The molecule has 0 aliphatic carbocycles. The van der Waals surface area contributed by atoms with Gasteiger partial charge in [-0.05, 0) is 62.1 Å². The highest BCUT2D eigenvalue weighted by molar-refractivity contribution is 6.39. The molecule has 1 heterocycles. The SMILES string of the molecule is Cc1c(Cl)ccc2c(CCCCN)c(-c3c(Cl)cccc3Cl)[nH]c12. The number of aryl methyl sites for hydroxylation is 2. The molecule has 0 saturated heterocycles. The van der Waals surface area contributed by atoms with Crippen LogP contribution in [0.4, 0.5) is 0 Å². The molecule has 0 amide bonds. The van der Waals surface area contributed by atoms with Crippen molar-refractivity contribution in [3.63, 3.8) is 0 Å². The second-order valence-corrected chi connectivity index (χ2v) is 7.14. The quantitative estimate of drug-likeness (QED) is 0.494. The number of hydrogen-bond donors (Lipinski definition) is 2. The number of fused-ring (bicyclic) bond motifs is 1. The van der Waals surface area contributed by atoms with E-state index in [1.165, 1.54) is 10.9 Å². The van der Waals surface area contributed by atoms with Gasteiger partial charge in [0.15, 0.2) is 0 Å². The topological polar surface area (TPSA) is 41.8 Å². The van der Waals surface area contributed by atoms with Crippen LogP contribution in [0.5, 0.6) is 0 Å². The number of H-pyrrole nitrogens is 1. The third-order valence-corrected chi connectivity index (χ3v) is 5.41. The van der Waals surface area contributed by atoms with Gasteiger partial charge < -0.3 is 10.7 Å². The van der Waals surface area contributed by atoms with Gasteiger partial charge in [-0.15, -0.1) is 0 Å². The van der Waals surface area contributed by atoms with Gasteiger partial charge >= 0.3 is 0 Å². The number of rotatable bonds is 5. The largest absolute Gasteiger partial charge is 0.354 e. The molecule has 0 unspecified atom stereocenters. The number of benzene rings is 2. The fourth-order valence-electron chi connectivity index (χ4n) is 3.09. The van der Waals surface area contributed by atoms with Crippen molar-refractivity contribution in [3.8, 4) is 11.3 Å². The van der Waals surface area contributed by atoms with E-state index in [1.807, 2.05) is 31.2 Å². The van der Waals surface area contributed by atoms with Gasteiger partial charge in [-0.25, -0.2) is 0 Å². The molecule has 3 N–H and O–H groups in total. The molecule has 0 radical (unpaired) electrons. The summed E-state index contributed by atoms with van der Waals surface area (Å²) in [5.41, 5.74) is 10.8. The molecule has 126 valence electrons. The van der Waals surface area contributed by atoms with Crippen LogP contribution in [0.1, 0.15) is 24.0 Å². The van der Waals surface area contributed by atoms with Crippen LogP contribution in [0.2, 0.25) is 15.1 Å². The van der Waals surface area contributed by atoms with Crippen molar-refractivity contribution in [1.29, 1.82) is 0 Å². The molecule has 3 aromatic rings. The van der Waals surface area contributed by atoms with Crippen LogP contribution in [-0.2, 0) is 6.42 Å². The number of aromatic nitrogens is 1. The molecule has 0 bridgehead atoms. The Morgan fingerprint density at radius 2 is 1.67 bits per heavy atom. The molecule has 24 heavy (non-hydrogen) atoms. The average Bonchev–Trinajstić information content (AvgIpc) is 2.90. The highest BCUT2D eigenvalue weighted by Gasteiger charge is 2.19. The van der Waals surface area contributed by atoms with E-state index in [2.05, 4.69) is 11.1 Å². The first-order valence-corrected chi connectivity index (χ1v) is 9.12. The lowest BCUT2D eigenvalue weighted by Crippen LogP contribution is -1.99. The van der Waals surface area contributed by atoms with Gasteiger partial charge in [0.05, 0.1) is 21.3 Å². The predicted molar refractivity (Wildman–Crippen MR) is 105 cm³/mol. The normalized spacial score (nSPS) is 11.4. The zero-order valence-corrected chi connectivity index (χ0v) is 15.7. The second kappa shape index (κ2) is 7.37. The number of nitrogens with one attached hydrogen (secondary N) is 1. The molecule has 2 nitrogen and oxygen atoms in total.